The zero-order chi connectivity index (χ0) is 25.8. The molecule has 1 atom stereocenters. The molecular weight excluding hydrogens is 464 g/mol. The Morgan fingerprint density at radius 3 is 2.50 bits per heavy atom. The fourth-order valence-electron chi connectivity index (χ4n) is 4.86. The number of amides is 3. The van der Waals surface area contributed by atoms with Crippen LogP contribution in [0.25, 0.3) is 0 Å². The molecule has 36 heavy (non-hydrogen) atoms. The van der Waals surface area contributed by atoms with Crippen LogP contribution in [0, 0.1) is 10.1 Å². The van der Waals surface area contributed by atoms with Crippen LogP contribution >= 0.6 is 0 Å². The second kappa shape index (κ2) is 10.7. The molecule has 2 aromatic carbocycles. The summed E-state index contributed by atoms with van der Waals surface area (Å²) in [6, 6.07) is 11.5. The van der Waals surface area contributed by atoms with Gasteiger partial charge in [0.2, 0.25) is 11.8 Å². The van der Waals surface area contributed by atoms with E-state index in [-0.39, 0.29) is 29.1 Å². The quantitative estimate of drug-likeness (QED) is 0.443. The summed E-state index contributed by atoms with van der Waals surface area (Å²) in [5.41, 5.74) is 7.43. The molecule has 11 heteroatoms. The fraction of sp³-hybridized carbons (Fsp3) is 0.400. The van der Waals surface area contributed by atoms with Crippen molar-refractivity contribution in [3.63, 3.8) is 0 Å². The first-order valence-electron chi connectivity index (χ1n) is 12.0. The van der Waals surface area contributed by atoms with Crippen molar-refractivity contribution in [2.45, 2.75) is 32.4 Å². The summed E-state index contributed by atoms with van der Waals surface area (Å²) in [5.74, 6) is -0.810. The molecule has 0 bridgehead atoms. The van der Waals surface area contributed by atoms with Gasteiger partial charge < -0.3 is 20.9 Å². The highest BCUT2D eigenvalue weighted by atomic mass is 16.6. The van der Waals surface area contributed by atoms with E-state index in [1.165, 1.54) is 13.0 Å². The van der Waals surface area contributed by atoms with Gasteiger partial charge in [0, 0.05) is 57.0 Å². The number of hydrogen-bond donors (Lipinski definition) is 2. The maximum absolute atomic E-state index is 12.9. The Morgan fingerprint density at radius 1 is 1.08 bits per heavy atom. The second-order valence-corrected chi connectivity index (χ2v) is 9.14. The van der Waals surface area contributed by atoms with E-state index in [1.807, 2.05) is 28.0 Å². The molecule has 2 heterocycles. The first kappa shape index (κ1) is 25.1. The third-order valence-electron chi connectivity index (χ3n) is 6.76. The molecule has 0 aromatic heterocycles. The number of hydrogen-bond acceptors (Lipinski definition) is 7. The van der Waals surface area contributed by atoms with Gasteiger partial charge in [-0.05, 0) is 49.2 Å². The fourth-order valence-corrected chi connectivity index (χ4v) is 4.86. The lowest BCUT2D eigenvalue weighted by Gasteiger charge is -2.35. The summed E-state index contributed by atoms with van der Waals surface area (Å²) in [7, 11) is 0. The minimum absolute atomic E-state index is 0.0200. The normalized spacial score (nSPS) is 18.2. The Bertz CT molecular complexity index is 1180. The Balaban J connectivity index is 1.46. The number of nitrogens with one attached hydrogen (secondary N) is 1. The molecule has 3 N–H and O–H groups in total. The number of piperazine rings is 1. The predicted molar refractivity (Wildman–Crippen MR) is 135 cm³/mol. The van der Waals surface area contributed by atoms with Gasteiger partial charge in [-0.15, -0.1) is 0 Å². The van der Waals surface area contributed by atoms with Gasteiger partial charge in [0.15, 0.2) is 0 Å². The SMILES string of the molecule is CC(=O)N1CCN(c2ccc(C(=O)Nc3cccc(CN4CCC[C@@H]4C(N)=O)c3)cc2[N+](=O)[O-])CC1. The zero-order valence-electron chi connectivity index (χ0n) is 20.2. The minimum Gasteiger partial charge on any atom is -0.368 e. The van der Waals surface area contributed by atoms with Crippen molar-refractivity contribution >= 4 is 34.8 Å². The molecular formula is C25H30N6O5. The van der Waals surface area contributed by atoms with Gasteiger partial charge in [0.05, 0.1) is 11.0 Å². The Hall–Kier alpha value is -3.99. The van der Waals surface area contributed by atoms with E-state index in [2.05, 4.69) is 5.32 Å². The Kier molecular flexibility index (Phi) is 7.49. The number of nitrogens with zero attached hydrogens (tertiary/aromatic N) is 4. The summed E-state index contributed by atoms with van der Waals surface area (Å²) in [5, 5.41) is 14.6. The van der Waals surface area contributed by atoms with E-state index in [4.69, 9.17) is 5.73 Å². The van der Waals surface area contributed by atoms with Gasteiger partial charge in [0.25, 0.3) is 11.6 Å². The molecule has 2 fully saturated rings. The third kappa shape index (κ3) is 5.62. The van der Waals surface area contributed by atoms with Gasteiger partial charge >= 0.3 is 0 Å². The molecule has 2 aliphatic heterocycles. The number of nitro groups is 1. The number of nitro benzene ring substituents is 1. The topological polar surface area (TPSA) is 142 Å². The average molecular weight is 495 g/mol. The van der Waals surface area contributed by atoms with Crippen molar-refractivity contribution in [2.75, 3.05) is 42.9 Å². The van der Waals surface area contributed by atoms with Gasteiger partial charge in [-0.1, -0.05) is 12.1 Å². The Labute approximate surface area is 209 Å². The van der Waals surface area contributed by atoms with Crippen molar-refractivity contribution in [3.8, 4) is 0 Å². The highest BCUT2D eigenvalue weighted by Gasteiger charge is 2.29. The smallest absolute Gasteiger partial charge is 0.293 e. The van der Waals surface area contributed by atoms with Crippen LogP contribution in [0.5, 0.6) is 0 Å². The predicted octanol–water partition coefficient (Wildman–Crippen LogP) is 1.97. The van der Waals surface area contributed by atoms with Crippen molar-refractivity contribution in [1.29, 1.82) is 0 Å². The van der Waals surface area contributed by atoms with E-state index in [1.54, 1.807) is 23.1 Å². The van der Waals surface area contributed by atoms with Gasteiger partial charge in [0.1, 0.15) is 5.69 Å². The van der Waals surface area contributed by atoms with E-state index in [0.717, 1.165) is 24.9 Å². The summed E-state index contributed by atoms with van der Waals surface area (Å²) >= 11 is 0. The van der Waals surface area contributed by atoms with Gasteiger partial charge in [-0.3, -0.25) is 29.4 Å². The van der Waals surface area contributed by atoms with E-state index >= 15 is 0 Å². The first-order chi connectivity index (χ1) is 17.2. The number of carbonyl (C=O) groups is 3. The number of benzene rings is 2. The van der Waals surface area contributed by atoms with Crippen molar-refractivity contribution in [2.24, 2.45) is 5.73 Å². The average Bonchev–Trinajstić information content (AvgIpc) is 3.32. The zero-order valence-corrected chi connectivity index (χ0v) is 20.2. The molecule has 0 spiro atoms. The molecule has 4 rings (SSSR count). The molecule has 0 radical (unpaired) electrons. The molecule has 0 aliphatic carbocycles. The molecule has 2 aliphatic rings. The molecule has 0 saturated carbocycles. The van der Waals surface area contributed by atoms with Crippen LogP contribution in [-0.4, -0.2) is 71.2 Å². The minimum atomic E-state index is -0.491. The summed E-state index contributed by atoms with van der Waals surface area (Å²) in [4.78, 5) is 53.1. The second-order valence-electron chi connectivity index (χ2n) is 9.14. The van der Waals surface area contributed by atoms with Crippen LogP contribution < -0.4 is 16.0 Å². The summed E-state index contributed by atoms with van der Waals surface area (Å²) in [6.45, 7) is 4.76. The first-order valence-corrected chi connectivity index (χ1v) is 12.0. The van der Waals surface area contributed by atoms with E-state index in [9.17, 15) is 24.5 Å². The van der Waals surface area contributed by atoms with Crippen LogP contribution in [0.1, 0.15) is 35.7 Å². The van der Waals surface area contributed by atoms with Crippen molar-refractivity contribution in [1.82, 2.24) is 9.80 Å². The van der Waals surface area contributed by atoms with Crippen LogP contribution in [0.15, 0.2) is 42.5 Å². The van der Waals surface area contributed by atoms with Crippen molar-refractivity contribution < 1.29 is 19.3 Å². The molecule has 2 aromatic rings. The largest absolute Gasteiger partial charge is 0.368 e. The number of anilines is 2. The monoisotopic (exact) mass is 494 g/mol. The maximum Gasteiger partial charge on any atom is 0.293 e. The van der Waals surface area contributed by atoms with Crippen LogP contribution in [-0.2, 0) is 16.1 Å². The van der Waals surface area contributed by atoms with Crippen molar-refractivity contribution in [3.05, 3.63) is 63.7 Å². The molecule has 3 amide bonds. The lowest BCUT2D eigenvalue weighted by molar-refractivity contribution is -0.384. The number of primary amides is 1. The molecule has 11 nitrogen and oxygen atoms in total. The van der Waals surface area contributed by atoms with E-state index in [0.29, 0.717) is 44.1 Å². The van der Waals surface area contributed by atoms with Gasteiger partial charge in [-0.25, -0.2) is 0 Å². The lowest BCUT2D eigenvalue weighted by atomic mass is 10.1. The van der Waals surface area contributed by atoms with Crippen LogP contribution in [0.3, 0.4) is 0 Å². The number of carbonyl (C=O) groups excluding carboxylic acids is 3. The molecule has 2 saturated heterocycles. The molecule has 190 valence electrons. The number of likely N-dealkylation sites (tertiary alicyclic amines) is 1. The third-order valence-corrected chi connectivity index (χ3v) is 6.76. The summed E-state index contributed by atoms with van der Waals surface area (Å²) < 4.78 is 0. The van der Waals surface area contributed by atoms with Crippen LogP contribution in [0.2, 0.25) is 0 Å². The van der Waals surface area contributed by atoms with E-state index < -0.39 is 10.8 Å². The Morgan fingerprint density at radius 2 is 1.83 bits per heavy atom. The maximum atomic E-state index is 12.9. The van der Waals surface area contributed by atoms with Crippen LogP contribution in [0.4, 0.5) is 17.1 Å². The highest BCUT2D eigenvalue weighted by molar-refractivity contribution is 6.05. The van der Waals surface area contributed by atoms with Gasteiger partial charge in [-0.2, -0.15) is 0 Å². The standard InChI is InChI=1S/C25H30N6O5/c1-17(32)28-10-12-29(13-11-28)21-8-7-19(15-23(21)31(35)36)25(34)27-20-5-2-4-18(14-20)16-30-9-3-6-22(30)24(26)33/h2,4-5,7-8,14-15,22H,3,6,9-13,16H2,1H3,(H2,26,33)(H,27,34)/t22-/m1/s1. The lowest BCUT2D eigenvalue weighted by Crippen LogP contribution is -2.48. The number of nitrogens with two attached hydrogens (primary N) is 1. The molecule has 0 unspecified atom stereocenters. The highest BCUT2D eigenvalue weighted by Crippen LogP contribution is 2.30. The number of rotatable bonds is 7. The summed E-state index contributed by atoms with van der Waals surface area (Å²) in [6.07, 6.45) is 1.65.